The zero-order chi connectivity index (χ0) is 25.3. The van der Waals surface area contributed by atoms with E-state index in [1.54, 1.807) is 24.3 Å². The highest BCUT2D eigenvalue weighted by molar-refractivity contribution is 6.30. The first-order chi connectivity index (χ1) is 17.4. The van der Waals surface area contributed by atoms with E-state index in [9.17, 15) is 14.0 Å². The fraction of sp³-hybridized carbons (Fsp3) is 0.481. The highest BCUT2D eigenvalue weighted by Gasteiger charge is 2.27. The van der Waals surface area contributed by atoms with Crippen LogP contribution in [0, 0.1) is 11.7 Å². The molecule has 2 aliphatic heterocycles. The minimum Gasteiger partial charge on any atom is -0.379 e. The summed E-state index contributed by atoms with van der Waals surface area (Å²) in [5.41, 5.74) is 1.68. The molecule has 1 unspecified atom stereocenters. The van der Waals surface area contributed by atoms with E-state index in [2.05, 4.69) is 15.5 Å². The summed E-state index contributed by atoms with van der Waals surface area (Å²) >= 11 is 6.03. The zero-order valence-corrected chi connectivity index (χ0v) is 21.2. The highest BCUT2D eigenvalue weighted by Crippen LogP contribution is 2.22. The van der Waals surface area contributed by atoms with Crippen LogP contribution < -0.4 is 10.6 Å². The first-order valence-electron chi connectivity index (χ1n) is 12.6. The molecule has 2 N–H and O–H groups in total. The Bertz CT molecular complexity index is 1020. The largest absolute Gasteiger partial charge is 0.379 e. The lowest BCUT2D eigenvalue weighted by molar-refractivity contribution is -0.133. The van der Waals surface area contributed by atoms with Gasteiger partial charge >= 0.3 is 6.03 Å². The van der Waals surface area contributed by atoms with Crippen molar-refractivity contribution >= 4 is 29.2 Å². The van der Waals surface area contributed by atoms with E-state index in [1.165, 1.54) is 12.1 Å². The molecule has 2 saturated heterocycles. The molecule has 2 atom stereocenters. The molecule has 3 amide bonds. The number of nitrogens with zero attached hydrogens (tertiary/aromatic N) is 2. The lowest BCUT2D eigenvalue weighted by Crippen LogP contribution is -2.51. The van der Waals surface area contributed by atoms with E-state index in [0.29, 0.717) is 42.9 Å². The minimum atomic E-state index is -0.365. The van der Waals surface area contributed by atoms with Crippen molar-refractivity contribution < 1.29 is 18.7 Å². The lowest BCUT2D eigenvalue weighted by Gasteiger charge is -2.35. The third-order valence-corrected chi connectivity index (χ3v) is 6.97. The maximum absolute atomic E-state index is 13.3. The Labute approximate surface area is 216 Å². The van der Waals surface area contributed by atoms with Gasteiger partial charge in [-0.1, -0.05) is 29.8 Å². The standard InChI is InChI=1S/C27H34ClFN4O3/c28-22-4-1-5-24(16-22)30-27(35)31-25(19-32-11-13-36-14-12-32)17-26(34)33-10-2-3-21(18-33)15-20-6-8-23(29)9-7-20/h1,4-9,16,21,25H,2-3,10-15,17-19H2,(H2,30,31,35)/t21?,25-/m0/s1. The summed E-state index contributed by atoms with van der Waals surface area (Å²) in [4.78, 5) is 30.2. The van der Waals surface area contributed by atoms with E-state index in [0.717, 1.165) is 44.5 Å². The molecule has 36 heavy (non-hydrogen) atoms. The van der Waals surface area contributed by atoms with Gasteiger partial charge in [0, 0.05) is 49.9 Å². The monoisotopic (exact) mass is 516 g/mol. The molecule has 0 spiro atoms. The summed E-state index contributed by atoms with van der Waals surface area (Å²) in [7, 11) is 0. The number of likely N-dealkylation sites (tertiary alicyclic amines) is 1. The number of anilines is 1. The van der Waals surface area contributed by atoms with Crippen molar-refractivity contribution in [3.8, 4) is 0 Å². The number of hydrogen-bond donors (Lipinski definition) is 2. The molecule has 0 aliphatic carbocycles. The molecule has 0 aromatic heterocycles. The second-order valence-corrected chi connectivity index (χ2v) is 10.0. The SMILES string of the molecule is O=C(Nc1cccc(Cl)c1)N[C@@H](CC(=O)N1CCCC(Cc2ccc(F)cc2)C1)CN1CCOCC1. The molecule has 7 nitrogen and oxygen atoms in total. The van der Waals surface area contributed by atoms with Gasteiger partial charge in [-0.15, -0.1) is 0 Å². The number of amides is 3. The Morgan fingerprint density at radius 3 is 2.64 bits per heavy atom. The molecule has 194 valence electrons. The quantitative estimate of drug-likeness (QED) is 0.552. The fourth-order valence-corrected chi connectivity index (χ4v) is 5.12. The van der Waals surface area contributed by atoms with Gasteiger partial charge in [-0.25, -0.2) is 9.18 Å². The third kappa shape index (κ3) is 8.18. The van der Waals surface area contributed by atoms with Crippen molar-refractivity contribution in [1.82, 2.24) is 15.1 Å². The van der Waals surface area contributed by atoms with Crippen molar-refractivity contribution in [3.05, 3.63) is 64.9 Å². The first kappa shape index (κ1) is 26.4. The Hall–Kier alpha value is -2.68. The Morgan fingerprint density at radius 2 is 1.89 bits per heavy atom. The van der Waals surface area contributed by atoms with Gasteiger partial charge in [-0.05, 0) is 61.1 Å². The molecule has 0 radical (unpaired) electrons. The second kappa shape index (κ2) is 13.0. The number of ether oxygens (including phenoxy) is 1. The maximum Gasteiger partial charge on any atom is 0.319 e. The average molecular weight is 517 g/mol. The first-order valence-corrected chi connectivity index (χ1v) is 13.0. The zero-order valence-electron chi connectivity index (χ0n) is 20.4. The summed E-state index contributed by atoms with van der Waals surface area (Å²) < 4.78 is 18.7. The number of morpholine rings is 1. The third-order valence-electron chi connectivity index (χ3n) is 6.73. The second-order valence-electron chi connectivity index (χ2n) is 9.60. The van der Waals surface area contributed by atoms with Crippen LogP contribution in [-0.2, 0) is 16.0 Å². The maximum atomic E-state index is 13.3. The molecule has 2 aromatic rings. The van der Waals surface area contributed by atoms with Crippen LogP contribution in [-0.4, -0.2) is 73.7 Å². The van der Waals surface area contributed by atoms with Crippen LogP contribution in [0.3, 0.4) is 0 Å². The van der Waals surface area contributed by atoms with Gasteiger partial charge in [0.15, 0.2) is 0 Å². The summed E-state index contributed by atoms with van der Waals surface area (Å²) in [5, 5.41) is 6.35. The number of hydrogen-bond acceptors (Lipinski definition) is 4. The molecule has 0 saturated carbocycles. The number of piperidine rings is 1. The molecular weight excluding hydrogens is 483 g/mol. The van der Waals surface area contributed by atoms with Crippen LogP contribution in [0.25, 0.3) is 0 Å². The van der Waals surface area contributed by atoms with Crippen LogP contribution in [0.5, 0.6) is 0 Å². The van der Waals surface area contributed by atoms with Crippen molar-refractivity contribution in [1.29, 1.82) is 0 Å². The Morgan fingerprint density at radius 1 is 1.11 bits per heavy atom. The fourth-order valence-electron chi connectivity index (χ4n) is 4.93. The van der Waals surface area contributed by atoms with Gasteiger partial charge in [0.1, 0.15) is 5.82 Å². The van der Waals surface area contributed by atoms with E-state index >= 15 is 0 Å². The smallest absolute Gasteiger partial charge is 0.319 e. The number of carbonyl (C=O) groups is 2. The minimum absolute atomic E-state index is 0.0418. The van der Waals surface area contributed by atoms with Crippen LogP contribution >= 0.6 is 11.6 Å². The number of halogens is 2. The predicted molar refractivity (Wildman–Crippen MR) is 139 cm³/mol. The Kier molecular flexibility index (Phi) is 9.55. The summed E-state index contributed by atoms with van der Waals surface area (Å²) in [6.07, 6.45) is 3.03. The number of benzene rings is 2. The molecule has 4 rings (SSSR count). The Balaban J connectivity index is 1.35. The summed E-state index contributed by atoms with van der Waals surface area (Å²) in [6.45, 7) is 4.80. The van der Waals surface area contributed by atoms with Gasteiger partial charge in [-0.3, -0.25) is 9.69 Å². The molecule has 9 heteroatoms. The van der Waals surface area contributed by atoms with E-state index < -0.39 is 0 Å². The predicted octanol–water partition coefficient (Wildman–Crippen LogP) is 4.17. The summed E-state index contributed by atoms with van der Waals surface area (Å²) in [5.74, 6) is 0.141. The normalized spacial score (nSPS) is 19.5. The lowest BCUT2D eigenvalue weighted by atomic mass is 9.91. The molecule has 2 aromatic carbocycles. The van der Waals surface area contributed by atoms with Crippen LogP contribution in [0.4, 0.5) is 14.9 Å². The van der Waals surface area contributed by atoms with Crippen molar-refractivity contribution in [2.24, 2.45) is 5.92 Å². The van der Waals surface area contributed by atoms with E-state index in [1.807, 2.05) is 17.0 Å². The van der Waals surface area contributed by atoms with Crippen LogP contribution in [0.2, 0.25) is 5.02 Å². The molecule has 2 fully saturated rings. The number of nitrogens with one attached hydrogen (secondary N) is 2. The number of rotatable bonds is 8. The average Bonchev–Trinajstić information content (AvgIpc) is 2.86. The van der Waals surface area contributed by atoms with Crippen molar-refractivity contribution in [3.63, 3.8) is 0 Å². The van der Waals surface area contributed by atoms with Gasteiger partial charge in [0.2, 0.25) is 5.91 Å². The highest BCUT2D eigenvalue weighted by atomic mass is 35.5. The molecule has 2 aliphatic rings. The number of urea groups is 1. The van der Waals surface area contributed by atoms with Gasteiger partial charge in [0.05, 0.1) is 19.3 Å². The van der Waals surface area contributed by atoms with E-state index in [4.69, 9.17) is 16.3 Å². The van der Waals surface area contributed by atoms with Gasteiger partial charge < -0.3 is 20.3 Å². The van der Waals surface area contributed by atoms with Gasteiger partial charge in [-0.2, -0.15) is 0 Å². The van der Waals surface area contributed by atoms with Crippen LogP contribution in [0.1, 0.15) is 24.8 Å². The van der Waals surface area contributed by atoms with Crippen molar-refractivity contribution in [2.45, 2.75) is 31.7 Å². The number of carbonyl (C=O) groups excluding carboxylic acids is 2. The molecule has 0 bridgehead atoms. The van der Waals surface area contributed by atoms with E-state index in [-0.39, 0.29) is 30.2 Å². The summed E-state index contributed by atoms with van der Waals surface area (Å²) in [6, 6.07) is 12.9. The molecule has 2 heterocycles. The topological polar surface area (TPSA) is 73.9 Å². The molecular formula is C27H34ClFN4O3. The van der Waals surface area contributed by atoms with Crippen LogP contribution in [0.15, 0.2) is 48.5 Å². The van der Waals surface area contributed by atoms with Crippen molar-refractivity contribution in [2.75, 3.05) is 51.3 Å². The van der Waals surface area contributed by atoms with Gasteiger partial charge in [0.25, 0.3) is 0 Å².